The maximum atomic E-state index is 12.7. The highest BCUT2D eigenvalue weighted by Gasteiger charge is 2.40. The molecule has 0 saturated carbocycles. The van der Waals surface area contributed by atoms with Crippen LogP contribution in [0.5, 0.6) is 0 Å². The van der Waals surface area contributed by atoms with Gasteiger partial charge in [0.1, 0.15) is 0 Å². The minimum absolute atomic E-state index is 0.0468. The third kappa shape index (κ3) is 10.2. The Kier molecular flexibility index (Phi) is 10.9. The molecular weight excluding hydrogens is 544 g/mol. The number of carboxylic acids is 2. The van der Waals surface area contributed by atoms with E-state index in [1.54, 1.807) is 18.7 Å². The number of aromatic nitrogens is 1. The number of halogens is 6. The average Bonchev–Trinajstić information content (AvgIpc) is 3.45. The van der Waals surface area contributed by atoms with E-state index in [0.717, 1.165) is 31.9 Å². The molecule has 4 rings (SSSR count). The molecule has 0 bridgehead atoms. The number of ether oxygens (including phenoxy) is 1. The summed E-state index contributed by atoms with van der Waals surface area (Å²) in [6, 6.07) is 5.73. The van der Waals surface area contributed by atoms with Gasteiger partial charge < -0.3 is 24.3 Å². The van der Waals surface area contributed by atoms with E-state index in [4.69, 9.17) is 29.0 Å². The molecule has 39 heavy (non-hydrogen) atoms. The lowest BCUT2D eigenvalue weighted by Crippen LogP contribution is -2.33. The molecule has 0 aromatic carbocycles. The van der Waals surface area contributed by atoms with E-state index in [1.165, 1.54) is 5.56 Å². The number of aryl methyl sites for hydroxylation is 1. The van der Waals surface area contributed by atoms with Crippen molar-refractivity contribution in [2.24, 2.45) is 5.92 Å². The molecule has 2 atom stereocenters. The van der Waals surface area contributed by atoms with E-state index in [1.807, 2.05) is 30.0 Å². The Hall–Kier alpha value is -3.66. The smallest absolute Gasteiger partial charge is 0.475 e. The average molecular weight is 569 g/mol. The van der Waals surface area contributed by atoms with Crippen LogP contribution in [-0.4, -0.2) is 94.1 Å². The summed E-state index contributed by atoms with van der Waals surface area (Å²) in [5, 5.41) is 14.2. The number of carboxylic acid groups (broad SMARTS) is 2. The zero-order valence-electron chi connectivity index (χ0n) is 20.4. The van der Waals surface area contributed by atoms with Gasteiger partial charge in [-0.05, 0) is 25.1 Å². The minimum Gasteiger partial charge on any atom is -0.475 e. The summed E-state index contributed by atoms with van der Waals surface area (Å²) in [6.07, 6.45) is -4.88. The Morgan fingerprint density at radius 2 is 1.62 bits per heavy atom. The van der Waals surface area contributed by atoms with E-state index >= 15 is 0 Å². The predicted molar refractivity (Wildman–Crippen MR) is 119 cm³/mol. The fourth-order valence-corrected chi connectivity index (χ4v) is 3.69. The number of furan rings is 1. The molecule has 2 aromatic heterocycles. The number of rotatable bonds is 3. The number of likely N-dealkylation sites (tertiary alicyclic amines) is 1. The molecule has 2 aliphatic rings. The number of hydrogen-bond donors (Lipinski definition) is 2. The first-order valence-corrected chi connectivity index (χ1v) is 11.2. The highest BCUT2D eigenvalue weighted by molar-refractivity contribution is 5.94. The van der Waals surface area contributed by atoms with Crippen molar-refractivity contribution in [3.8, 4) is 0 Å². The molecular formula is C23H25F6N3O7. The highest BCUT2D eigenvalue weighted by Crippen LogP contribution is 2.26. The van der Waals surface area contributed by atoms with E-state index in [-0.39, 0.29) is 12.0 Å². The number of fused-ring (bicyclic) bond motifs is 1. The van der Waals surface area contributed by atoms with Crippen molar-refractivity contribution in [2.75, 3.05) is 32.8 Å². The summed E-state index contributed by atoms with van der Waals surface area (Å²) in [5.41, 5.74) is 2.74. The zero-order chi connectivity index (χ0) is 29.4. The van der Waals surface area contributed by atoms with Crippen molar-refractivity contribution in [1.29, 1.82) is 0 Å². The Labute approximate surface area is 217 Å². The zero-order valence-corrected chi connectivity index (χ0v) is 20.4. The fraction of sp³-hybridized carbons (Fsp3) is 0.478. The van der Waals surface area contributed by atoms with Crippen LogP contribution in [-0.2, 0) is 20.9 Å². The Bertz CT molecular complexity index is 1070. The monoisotopic (exact) mass is 569 g/mol. The van der Waals surface area contributed by atoms with Crippen LogP contribution in [0.1, 0.15) is 21.6 Å². The van der Waals surface area contributed by atoms with Gasteiger partial charge in [-0.1, -0.05) is 0 Å². The van der Waals surface area contributed by atoms with Crippen LogP contribution in [0.3, 0.4) is 0 Å². The number of hydrogen-bond acceptors (Lipinski definition) is 7. The van der Waals surface area contributed by atoms with E-state index in [0.29, 0.717) is 24.6 Å². The van der Waals surface area contributed by atoms with Crippen LogP contribution in [0, 0.1) is 12.8 Å². The molecule has 2 aliphatic heterocycles. The number of carbonyl (C=O) groups excluding carboxylic acids is 1. The van der Waals surface area contributed by atoms with Crippen LogP contribution in [0.25, 0.3) is 0 Å². The molecule has 0 aliphatic carbocycles. The van der Waals surface area contributed by atoms with Crippen LogP contribution in [0.2, 0.25) is 0 Å². The maximum absolute atomic E-state index is 12.7. The third-order valence-corrected chi connectivity index (χ3v) is 5.53. The topological polar surface area (TPSA) is 133 Å². The molecule has 0 radical (unpaired) electrons. The van der Waals surface area contributed by atoms with Crippen molar-refractivity contribution in [2.45, 2.75) is 31.9 Å². The van der Waals surface area contributed by atoms with Gasteiger partial charge in [0.15, 0.2) is 0 Å². The van der Waals surface area contributed by atoms with Gasteiger partial charge in [-0.2, -0.15) is 26.3 Å². The normalized spacial score (nSPS) is 19.5. The molecule has 2 N–H and O–H groups in total. The summed E-state index contributed by atoms with van der Waals surface area (Å²) in [4.78, 5) is 39.0. The predicted octanol–water partition coefficient (Wildman–Crippen LogP) is 3.22. The van der Waals surface area contributed by atoms with Gasteiger partial charge in [-0.3, -0.25) is 14.7 Å². The second-order valence-electron chi connectivity index (χ2n) is 8.54. The van der Waals surface area contributed by atoms with Crippen molar-refractivity contribution in [3.63, 3.8) is 0 Å². The number of amides is 1. The summed E-state index contributed by atoms with van der Waals surface area (Å²) < 4.78 is 74.7. The lowest BCUT2D eigenvalue weighted by atomic mass is 10.1. The van der Waals surface area contributed by atoms with Gasteiger partial charge in [0, 0.05) is 56.1 Å². The van der Waals surface area contributed by atoms with Crippen molar-refractivity contribution in [1.82, 2.24) is 14.8 Å². The van der Waals surface area contributed by atoms with Gasteiger partial charge in [0.25, 0.3) is 5.91 Å². The molecule has 10 nitrogen and oxygen atoms in total. The minimum atomic E-state index is -5.08. The van der Waals surface area contributed by atoms with Gasteiger partial charge in [-0.25, -0.2) is 9.59 Å². The quantitative estimate of drug-likeness (QED) is 0.535. The largest absolute Gasteiger partial charge is 0.490 e. The number of nitrogens with zero attached hydrogens (tertiary/aromatic N) is 3. The lowest BCUT2D eigenvalue weighted by Gasteiger charge is -2.22. The van der Waals surface area contributed by atoms with Gasteiger partial charge in [0.2, 0.25) is 0 Å². The van der Waals surface area contributed by atoms with Crippen LogP contribution >= 0.6 is 0 Å². The van der Waals surface area contributed by atoms with E-state index < -0.39 is 24.3 Å². The molecule has 216 valence electrons. The first-order chi connectivity index (χ1) is 18.1. The van der Waals surface area contributed by atoms with Gasteiger partial charge in [-0.15, -0.1) is 0 Å². The Morgan fingerprint density at radius 1 is 1.00 bits per heavy atom. The summed E-state index contributed by atoms with van der Waals surface area (Å²) in [6.45, 7) is 6.73. The second kappa shape index (κ2) is 13.4. The molecule has 0 spiro atoms. The third-order valence-electron chi connectivity index (χ3n) is 5.53. The number of carbonyl (C=O) groups is 3. The molecule has 2 fully saturated rings. The molecule has 0 unspecified atom stereocenters. The first-order valence-electron chi connectivity index (χ1n) is 11.2. The van der Waals surface area contributed by atoms with E-state index in [2.05, 4.69) is 9.88 Å². The highest BCUT2D eigenvalue weighted by atomic mass is 19.4. The molecule has 2 aromatic rings. The van der Waals surface area contributed by atoms with Crippen LogP contribution in [0.4, 0.5) is 26.3 Å². The van der Waals surface area contributed by atoms with E-state index in [9.17, 15) is 31.1 Å². The maximum Gasteiger partial charge on any atom is 0.490 e. The molecule has 4 heterocycles. The SMILES string of the molecule is Cc1ccc(C(=O)N2C[C@@H]3CN(Cc4ccoc4)CCO[C@@H]3C2)cn1.O=C(O)C(F)(F)F.O=C(O)C(F)(F)F. The van der Waals surface area contributed by atoms with Crippen molar-refractivity contribution >= 4 is 17.8 Å². The van der Waals surface area contributed by atoms with Crippen LogP contribution < -0.4 is 0 Å². The standard InChI is InChI=1S/C19H23N3O3.2C2HF3O2/c1-14-2-3-16(8-20-14)19(23)22-11-17-10-21(5-7-25-18(17)12-22)9-15-4-6-24-13-15;2*3-2(4,5)1(6)7/h2-4,6,8,13,17-18H,5,7,9-12H2,1H3;2*(H,6,7)/t17-,18+;;/m0../s1. The van der Waals surface area contributed by atoms with Crippen LogP contribution in [0.15, 0.2) is 41.3 Å². The Morgan fingerprint density at radius 3 is 2.10 bits per heavy atom. The molecule has 1 amide bonds. The number of aliphatic carboxylic acids is 2. The lowest BCUT2D eigenvalue weighted by molar-refractivity contribution is -0.193. The molecule has 16 heteroatoms. The second-order valence-corrected chi connectivity index (χ2v) is 8.54. The van der Waals surface area contributed by atoms with Crippen molar-refractivity contribution in [3.05, 3.63) is 53.7 Å². The summed E-state index contributed by atoms with van der Waals surface area (Å²) >= 11 is 0. The van der Waals surface area contributed by atoms with Gasteiger partial charge >= 0.3 is 24.3 Å². The number of alkyl halides is 6. The van der Waals surface area contributed by atoms with Gasteiger partial charge in [0.05, 0.1) is 30.8 Å². The summed E-state index contributed by atoms with van der Waals surface area (Å²) in [7, 11) is 0. The number of pyridine rings is 1. The first kappa shape index (κ1) is 31.6. The molecule has 2 saturated heterocycles. The fourth-order valence-electron chi connectivity index (χ4n) is 3.69. The Balaban J connectivity index is 0.000000317. The summed E-state index contributed by atoms with van der Waals surface area (Å²) in [5.74, 6) is -5.12. The van der Waals surface area contributed by atoms with Crippen molar-refractivity contribution < 1.29 is 60.1 Å².